The lowest BCUT2D eigenvalue weighted by molar-refractivity contribution is 0.125. The monoisotopic (exact) mass is 287 g/mol. The first-order chi connectivity index (χ1) is 9.40. The van der Waals surface area contributed by atoms with Crippen molar-refractivity contribution in [1.29, 1.82) is 0 Å². The quantitative estimate of drug-likeness (QED) is 0.169. The standard InChI is InChI=1S/C15H33N3O2/c1-13(2)7-11-20-12-10-17-9-6-5-8-15(3,4)14(16)18-19/h13,17,19H,5-12H2,1-4H3,(H2,16,18). The van der Waals surface area contributed by atoms with Crippen LogP contribution in [0.1, 0.15) is 53.4 Å². The van der Waals surface area contributed by atoms with Crippen molar-refractivity contribution < 1.29 is 9.94 Å². The summed E-state index contributed by atoms with van der Waals surface area (Å²) < 4.78 is 5.53. The van der Waals surface area contributed by atoms with Crippen LogP contribution < -0.4 is 11.1 Å². The molecule has 0 aliphatic heterocycles. The minimum atomic E-state index is -0.227. The van der Waals surface area contributed by atoms with Gasteiger partial charge in [-0.15, -0.1) is 0 Å². The normalized spacial score (nSPS) is 13.2. The predicted molar refractivity (Wildman–Crippen MR) is 84.2 cm³/mol. The maximum absolute atomic E-state index is 8.68. The molecular formula is C15H33N3O2. The summed E-state index contributed by atoms with van der Waals surface area (Å²) in [6, 6.07) is 0. The van der Waals surface area contributed by atoms with Crippen molar-refractivity contribution in [3.63, 3.8) is 0 Å². The zero-order valence-electron chi connectivity index (χ0n) is 13.6. The van der Waals surface area contributed by atoms with Crippen LogP contribution in [0.5, 0.6) is 0 Å². The van der Waals surface area contributed by atoms with E-state index in [1.54, 1.807) is 0 Å². The third kappa shape index (κ3) is 10.0. The van der Waals surface area contributed by atoms with Gasteiger partial charge in [0.15, 0.2) is 0 Å². The molecule has 0 spiro atoms. The number of rotatable bonds is 12. The van der Waals surface area contributed by atoms with Crippen molar-refractivity contribution in [1.82, 2.24) is 5.32 Å². The Labute approximate surface area is 123 Å². The van der Waals surface area contributed by atoms with Gasteiger partial charge in [-0.05, 0) is 31.7 Å². The molecular weight excluding hydrogens is 254 g/mol. The third-order valence-electron chi connectivity index (χ3n) is 3.47. The van der Waals surface area contributed by atoms with E-state index in [0.717, 1.165) is 52.0 Å². The van der Waals surface area contributed by atoms with E-state index in [-0.39, 0.29) is 5.41 Å². The number of unbranched alkanes of at least 4 members (excludes halogenated alkanes) is 1. The molecule has 0 aromatic rings. The summed E-state index contributed by atoms with van der Waals surface area (Å²) in [5, 5.41) is 15.1. The fourth-order valence-electron chi connectivity index (χ4n) is 1.77. The summed E-state index contributed by atoms with van der Waals surface area (Å²) in [7, 11) is 0. The molecule has 0 rings (SSSR count). The number of nitrogens with zero attached hydrogens (tertiary/aromatic N) is 1. The van der Waals surface area contributed by atoms with E-state index in [0.29, 0.717) is 11.8 Å². The van der Waals surface area contributed by atoms with E-state index in [4.69, 9.17) is 15.7 Å². The number of nitrogens with one attached hydrogen (secondary N) is 1. The van der Waals surface area contributed by atoms with Crippen molar-refractivity contribution >= 4 is 5.84 Å². The first-order valence-corrected chi connectivity index (χ1v) is 7.66. The Bertz CT molecular complexity index is 266. The number of ether oxygens (including phenoxy) is 1. The van der Waals surface area contributed by atoms with Gasteiger partial charge in [0.05, 0.1) is 6.61 Å². The van der Waals surface area contributed by atoms with Crippen molar-refractivity contribution in [2.24, 2.45) is 22.2 Å². The smallest absolute Gasteiger partial charge is 0.144 e. The van der Waals surface area contributed by atoms with Gasteiger partial charge in [-0.25, -0.2) is 0 Å². The first kappa shape index (κ1) is 19.2. The van der Waals surface area contributed by atoms with Crippen LogP contribution >= 0.6 is 0 Å². The highest BCUT2D eigenvalue weighted by molar-refractivity contribution is 5.85. The zero-order chi connectivity index (χ0) is 15.4. The number of nitrogens with two attached hydrogens (primary N) is 1. The van der Waals surface area contributed by atoms with Crippen LogP contribution in [0, 0.1) is 11.3 Å². The average Bonchev–Trinajstić information content (AvgIpc) is 2.39. The van der Waals surface area contributed by atoms with Crippen LogP contribution in [0.3, 0.4) is 0 Å². The van der Waals surface area contributed by atoms with Gasteiger partial charge in [0.25, 0.3) is 0 Å². The van der Waals surface area contributed by atoms with Gasteiger partial charge in [-0.3, -0.25) is 0 Å². The molecule has 0 fully saturated rings. The van der Waals surface area contributed by atoms with Gasteiger partial charge in [-0.2, -0.15) is 0 Å². The first-order valence-electron chi connectivity index (χ1n) is 7.66. The van der Waals surface area contributed by atoms with Crippen LogP contribution in [0.15, 0.2) is 5.16 Å². The highest BCUT2D eigenvalue weighted by atomic mass is 16.5. The molecule has 5 heteroatoms. The SMILES string of the molecule is CC(C)CCOCCNCCCCC(C)(C)C(N)=NO. The fraction of sp³-hybridized carbons (Fsp3) is 0.933. The van der Waals surface area contributed by atoms with Gasteiger partial charge >= 0.3 is 0 Å². The molecule has 0 radical (unpaired) electrons. The van der Waals surface area contributed by atoms with Crippen molar-refractivity contribution in [3.05, 3.63) is 0 Å². The Morgan fingerprint density at radius 1 is 1.25 bits per heavy atom. The molecule has 0 saturated carbocycles. The lowest BCUT2D eigenvalue weighted by Gasteiger charge is -2.22. The molecule has 20 heavy (non-hydrogen) atoms. The minimum absolute atomic E-state index is 0.227. The molecule has 4 N–H and O–H groups in total. The summed E-state index contributed by atoms with van der Waals surface area (Å²) >= 11 is 0. The molecule has 0 aliphatic rings. The van der Waals surface area contributed by atoms with Gasteiger partial charge in [-0.1, -0.05) is 39.3 Å². The van der Waals surface area contributed by atoms with E-state index in [9.17, 15) is 0 Å². The minimum Gasteiger partial charge on any atom is -0.409 e. The van der Waals surface area contributed by atoms with Gasteiger partial charge in [0.1, 0.15) is 5.84 Å². The van der Waals surface area contributed by atoms with Gasteiger partial charge in [0.2, 0.25) is 0 Å². The maximum Gasteiger partial charge on any atom is 0.144 e. The highest BCUT2D eigenvalue weighted by Gasteiger charge is 2.22. The van der Waals surface area contributed by atoms with E-state index in [1.165, 1.54) is 0 Å². The Kier molecular flexibility index (Phi) is 10.5. The second kappa shape index (κ2) is 10.9. The number of amidine groups is 1. The molecule has 5 nitrogen and oxygen atoms in total. The van der Waals surface area contributed by atoms with Crippen LogP contribution in [0.25, 0.3) is 0 Å². The zero-order valence-corrected chi connectivity index (χ0v) is 13.6. The lowest BCUT2D eigenvalue weighted by atomic mass is 9.86. The third-order valence-corrected chi connectivity index (χ3v) is 3.47. The molecule has 0 bridgehead atoms. The molecule has 120 valence electrons. The largest absolute Gasteiger partial charge is 0.409 e. The number of hydrogen-bond donors (Lipinski definition) is 3. The molecule has 0 unspecified atom stereocenters. The maximum atomic E-state index is 8.68. The van der Waals surface area contributed by atoms with Crippen molar-refractivity contribution in [2.75, 3.05) is 26.3 Å². The fourth-order valence-corrected chi connectivity index (χ4v) is 1.77. The predicted octanol–water partition coefficient (Wildman–Crippen LogP) is 2.58. The number of hydrogen-bond acceptors (Lipinski definition) is 4. The van der Waals surface area contributed by atoms with Crippen LogP contribution in [-0.2, 0) is 4.74 Å². The lowest BCUT2D eigenvalue weighted by Crippen LogP contribution is -2.32. The van der Waals surface area contributed by atoms with E-state index in [1.807, 2.05) is 13.8 Å². The summed E-state index contributed by atoms with van der Waals surface area (Å²) in [4.78, 5) is 0. The second-order valence-electron chi connectivity index (χ2n) is 6.37. The molecule has 0 aromatic heterocycles. The molecule has 0 amide bonds. The van der Waals surface area contributed by atoms with E-state index < -0.39 is 0 Å². The van der Waals surface area contributed by atoms with Crippen LogP contribution in [0.2, 0.25) is 0 Å². The second-order valence-corrected chi connectivity index (χ2v) is 6.37. The molecule has 0 aliphatic carbocycles. The summed E-state index contributed by atoms with van der Waals surface area (Å²) in [6.07, 6.45) is 4.21. The van der Waals surface area contributed by atoms with Gasteiger partial charge < -0.3 is 21.0 Å². The van der Waals surface area contributed by atoms with Crippen molar-refractivity contribution in [3.8, 4) is 0 Å². The Morgan fingerprint density at radius 3 is 2.55 bits per heavy atom. The molecule has 0 aromatic carbocycles. The number of oxime groups is 1. The van der Waals surface area contributed by atoms with Crippen LogP contribution in [0.4, 0.5) is 0 Å². The summed E-state index contributed by atoms with van der Waals surface area (Å²) in [5.74, 6) is 1.02. The summed E-state index contributed by atoms with van der Waals surface area (Å²) in [5.41, 5.74) is 5.42. The van der Waals surface area contributed by atoms with Crippen LogP contribution in [-0.4, -0.2) is 37.3 Å². The Morgan fingerprint density at radius 2 is 1.95 bits per heavy atom. The van der Waals surface area contributed by atoms with E-state index >= 15 is 0 Å². The topological polar surface area (TPSA) is 79.9 Å². The van der Waals surface area contributed by atoms with Gasteiger partial charge in [0, 0.05) is 18.6 Å². The Balaban J connectivity index is 3.37. The molecule has 0 atom stereocenters. The molecule has 0 heterocycles. The molecule has 0 saturated heterocycles. The average molecular weight is 287 g/mol. The van der Waals surface area contributed by atoms with E-state index in [2.05, 4.69) is 24.3 Å². The summed E-state index contributed by atoms with van der Waals surface area (Å²) in [6.45, 7) is 11.9. The Hall–Kier alpha value is -0.810. The highest BCUT2D eigenvalue weighted by Crippen LogP contribution is 2.22. The van der Waals surface area contributed by atoms with Crippen molar-refractivity contribution in [2.45, 2.75) is 53.4 Å².